The number of carbonyl (C=O) groups excluding carboxylic acids is 1. The van der Waals surface area contributed by atoms with Crippen LogP contribution >= 0.6 is 0 Å². The molecule has 1 aliphatic carbocycles. The van der Waals surface area contributed by atoms with Crippen LogP contribution in [0, 0.1) is 6.92 Å². The van der Waals surface area contributed by atoms with Gasteiger partial charge in [0.1, 0.15) is 5.82 Å². The lowest BCUT2D eigenvalue weighted by molar-refractivity contribution is -0.137. The molecule has 1 saturated carbocycles. The molecule has 2 rings (SSSR count). The second-order valence-electron chi connectivity index (χ2n) is 5.87. The summed E-state index contributed by atoms with van der Waals surface area (Å²) < 4.78 is 10.3. The van der Waals surface area contributed by atoms with Crippen LogP contribution in [0.4, 0.5) is 11.8 Å². The van der Waals surface area contributed by atoms with Crippen molar-refractivity contribution in [2.45, 2.75) is 51.7 Å². The third-order valence-electron chi connectivity index (χ3n) is 4.17. The molecule has 7 heteroatoms. The van der Waals surface area contributed by atoms with Crippen LogP contribution in [0.1, 0.15) is 43.9 Å². The Kier molecular flexibility index (Phi) is 6.54. The zero-order valence-electron chi connectivity index (χ0n) is 14.5. The highest BCUT2D eigenvalue weighted by atomic mass is 16.5. The van der Waals surface area contributed by atoms with Gasteiger partial charge in [0.2, 0.25) is 5.95 Å². The van der Waals surface area contributed by atoms with Gasteiger partial charge in [0, 0.05) is 24.8 Å². The normalized spacial score (nSPS) is 21.0. The van der Waals surface area contributed by atoms with Crippen molar-refractivity contribution >= 4 is 23.8 Å². The summed E-state index contributed by atoms with van der Waals surface area (Å²) in [5, 5.41) is 3.44. The van der Waals surface area contributed by atoms with E-state index in [-0.39, 0.29) is 11.9 Å². The van der Waals surface area contributed by atoms with Crippen molar-refractivity contribution in [3.8, 4) is 0 Å². The summed E-state index contributed by atoms with van der Waals surface area (Å²) in [6.07, 6.45) is 7.44. The average Bonchev–Trinajstić information content (AvgIpc) is 2.55. The fourth-order valence-corrected chi connectivity index (χ4v) is 2.89. The van der Waals surface area contributed by atoms with E-state index in [0.29, 0.717) is 24.6 Å². The predicted octanol–water partition coefficient (Wildman–Crippen LogP) is 2.31. The van der Waals surface area contributed by atoms with E-state index in [4.69, 9.17) is 15.2 Å². The molecule has 0 aromatic carbocycles. The number of nitrogen functional groups attached to an aromatic ring is 1. The number of hydrogen-bond donors (Lipinski definition) is 2. The number of methoxy groups -OCH3 is 1. The van der Waals surface area contributed by atoms with Crippen molar-refractivity contribution in [2.75, 3.05) is 24.8 Å². The lowest BCUT2D eigenvalue weighted by atomic mass is 9.93. The second kappa shape index (κ2) is 8.63. The van der Waals surface area contributed by atoms with Gasteiger partial charge < -0.3 is 20.5 Å². The number of aryl methyl sites for hydroxylation is 1. The van der Waals surface area contributed by atoms with E-state index in [1.165, 1.54) is 6.08 Å². The van der Waals surface area contributed by atoms with E-state index in [0.717, 1.165) is 36.9 Å². The summed E-state index contributed by atoms with van der Waals surface area (Å²) in [7, 11) is 1.76. The maximum Gasteiger partial charge on any atom is 0.330 e. The molecular formula is C17H26N4O3. The van der Waals surface area contributed by atoms with E-state index in [2.05, 4.69) is 15.3 Å². The first-order chi connectivity index (χ1) is 11.5. The Hall–Kier alpha value is -2.15. The molecule has 1 aromatic rings. The average molecular weight is 334 g/mol. The molecule has 1 aromatic heterocycles. The molecule has 0 aliphatic heterocycles. The summed E-state index contributed by atoms with van der Waals surface area (Å²) in [4.78, 5) is 20.0. The second-order valence-corrected chi connectivity index (χ2v) is 5.87. The highest BCUT2D eigenvalue weighted by molar-refractivity contribution is 5.88. The molecule has 0 unspecified atom stereocenters. The van der Waals surface area contributed by atoms with Crippen molar-refractivity contribution < 1.29 is 14.3 Å². The van der Waals surface area contributed by atoms with Gasteiger partial charge in [-0.1, -0.05) is 0 Å². The zero-order chi connectivity index (χ0) is 17.5. The molecule has 132 valence electrons. The molecule has 0 saturated heterocycles. The summed E-state index contributed by atoms with van der Waals surface area (Å²) in [6.45, 7) is 3.96. The van der Waals surface area contributed by atoms with Crippen LogP contribution < -0.4 is 11.1 Å². The van der Waals surface area contributed by atoms with Crippen molar-refractivity contribution in [1.82, 2.24) is 9.97 Å². The van der Waals surface area contributed by atoms with Gasteiger partial charge in [0.25, 0.3) is 0 Å². The van der Waals surface area contributed by atoms with Gasteiger partial charge in [0.05, 0.1) is 18.4 Å². The Labute approximate surface area is 142 Å². The van der Waals surface area contributed by atoms with Gasteiger partial charge in [-0.15, -0.1) is 0 Å². The maximum atomic E-state index is 11.6. The Morgan fingerprint density at radius 3 is 2.67 bits per heavy atom. The molecule has 7 nitrogen and oxygen atoms in total. The van der Waals surface area contributed by atoms with Crippen LogP contribution in [0.5, 0.6) is 0 Å². The van der Waals surface area contributed by atoms with E-state index >= 15 is 0 Å². The number of nitrogens with two attached hydrogens (primary N) is 1. The van der Waals surface area contributed by atoms with Crippen molar-refractivity contribution in [1.29, 1.82) is 0 Å². The van der Waals surface area contributed by atoms with E-state index in [1.54, 1.807) is 20.1 Å². The number of ether oxygens (including phenoxy) is 2. The SMILES string of the molecule is CCOC(=O)/C=C/c1c(C)nc(N)nc1NC1CCC(OC)CC1. The molecule has 0 spiro atoms. The molecule has 0 bridgehead atoms. The summed E-state index contributed by atoms with van der Waals surface area (Å²) in [6, 6.07) is 0.305. The number of aromatic nitrogens is 2. The Morgan fingerprint density at radius 2 is 2.04 bits per heavy atom. The van der Waals surface area contributed by atoms with Crippen LogP contribution in [0.25, 0.3) is 6.08 Å². The number of rotatable bonds is 6. The lowest BCUT2D eigenvalue weighted by Crippen LogP contribution is -2.30. The zero-order valence-corrected chi connectivity index (χ0v) is 14.5. The fourth-order valence-electron chi connectivity index (χ4n) is 2.89. The highest BCUT2D eigenvalue weighted by Crippen LogP contribution is 2.26. The molecule has 0 atom stereocenters. The first-order valence-electron chi connectivity index (χ1n) is 8.31. The third kappa shape index (κ3) is 4.92. The van der Waals surface area contributed by atoms with Crippen molar-refractivity contribution in [3.05, 3.63) is 17.3 Å². The van der Waals surface area contributed by atoms with Gasteiger partial charge in [-0.2, -0.15) is 4.98 Å². The smallest absolute Gasteiger partial charge is 0.330 e. The molecule has 24 heavy (non-hydrogen) atoms. The Bertz CT molecular complexity index is 596. The minimum absolute atomic E-state index is 0.217. The van der Waals surface area contributed by atoms with Crippen LogP contribution in [-0.2, 0) is 14.3 Å². The Morgan fingerprint density at radius 1 is 1.33 bits per heavy atom. The minimum Gasteiger partial charge on any atom is -0.463 e. The van der Waals surface area contributed by atoms with Crippen molar-refractivity contribution in [2.24, 2.45) is 0 Å². The first kappa shape index (κ1) is 18.2. The molecule has 0 radical (unpaired) electrons. The van der Waals surface area contributed by atoms with Crippen LogP contribution in [0.15, 0.2) is 6.08 Å². The van der Waals surface area contributed by atoms with Crippen LogP contribution in [-0.4, -0.2) is 41.8 Å². The number of carbonyl (C=O) groups is 1. The van der Waals surface area contributed by atoms with E-state index in [1.807, 2.05) is 6.92 Å². The molecule has 0 amide bonds. The monoisotopic (exact) mass is 334 g/mol. The number of hydrogen-bond acceptors (Lipinski definition) is 7. The number of anilines is 2. The number of esters is 1. The topological polar surface area (TPSA) is 99.4 Å². The molecule has 3 N–H and O–H groups in total. The summed E-state index contributed by atoms with van der Waals surface area (Å²) in [5.74, 6) is 0.482. The Balaban J connectivity index is 2.14. The fraction of sp³-hybridized carbons (Fsp3) is 0.588. The molecule has 1 heterocycles. The van der Waals surface area contributed by atoms with Crippen molar-refractivity contribution in [3.63, 3.8) is 0 Å². The quantitative estimate of drug-likeness (QED) is 0.608. The first-order valence-corrected chi connectivity index (χ1v) is 8.31. The van der Waals surface area contributed by atoms with Gasteiger partial charge in [-0.05, 0) is 45.6 Å². The minimum atomic E-state index is -0.389. The maximum absolute atomic E-state index is 11.6. The van der Waals surface area contributed by atoms with Gasteiger partial charge in [-0.25, -0.2) is 9.78 Å². The van der Waals surface area contributed by atoms with Gasteiger partial charge in [0.15, 0.2) is 0 Å². The van der Waals surface area contributed by atoms with E-state index < -0.39 is 0 Å². The third-order valence-corrected chi connectivity index (χ3v) is 4.17. The molecule has 1 fully saturated rings. The largest absolute Gasteiger partial charge is 0.463 e. The summed E-state index contributed by atoms with van der Waals surface area (Å²) >= 11 is 0. The van der Waals surface area contributed by atoms with Crippen LogP contribution in [0.3, 0.4) is 0 Å². The van der Waals surface area contributed by atoms with E-state index in [9.17, 15) is 4.79 Å². The lowest BCUT2D eigenvalue weighted by Gasteiger charge is -2.29. The summed E-state index contributed by atoms with van der Waals surface area (Å²) in [5.41, 5.74) is 7.26. The highest BCUT2D eigenvalue weighted by Gasteiger charge is 2.22. The predicted molar refractivity (Wildman–Crippen MR) is 93.5 cm³/mol. The van der Waals surface area contributed by atoms with Gasteiger partial charge >= 0.3 is 5.97 Å². The number of nitrogens with one attached hydrogen (secondary N) is 1. The van der Waals surface area contributed by atoms with Gasteiger partial charge in [-0.3, -0.25) is 0 Å². The molecular weight excluding hydrogens is 308 g/mol. The number of nitrogens with zero attached hydrogens (tertiary/aromatic N) is 2. The molecule has 1 aliphatic rings. The van der Waals surface area contributed by atoms with Crippen LogP contribution in [0.2, 0.25) is 0 Å². The standard InChI is InChI=1S/C17H26N4O3/c1-4-24-15(22)10-9-14-11(2)19-17(18)21-16(14)20-12-5-7-13(23-3)8-6-12/h9-10,12-13H,4-8H2,1-3H3,(H3,18,19,20,21)/b10-9+.